The van der Waals surface area contributed by atoms with Gasteiger partial charge in [0.25, 0.3) is 0 Å². The SMILES string of the molecule is CCCCCCCCC=CCCCCCCCC(=O)[O][Al]=[O]. The Balaban J connectivity index is 3.14. The second-order valence-corrected chi connectivity index (χ2v) is 6.35. The van der Waals surface area contributed by atoms with Crippen LogP contribution in [0.3, 0.4) is 0 Å². The molecule has 0 unspecified atom stereocenters. The first-order valence-electron chi connectivity index (χ1n) is 9.09. The third-order valence-corrected chi connectivity index (χ3v) is 4.18. The molecule has 0 saturated heterocycles. The average Bonchev–Trinajstić information content (AvgIpc) is 2.51. The fraction of sp³-hybridized carbons (Fsp3) is 0.833. The Morgan fingerprint density at radius 2 is 1.32 bits per heavy atom. The van der Waals surface area contributed by atoms with Crippen molar-refractivity contribution in [2.75, 3.05) is 0 Å². The van der Waals surface area contributed by atoms with E-state index < -0.39 is 15.5 Å². The van der Waals surface area contributed by atoms with Crippen LogP contribution < -0.4 is 0 Å². The number of allylic oxidation sites excluding steroid dienone is 2. The molecule has 0 aromatic heterocycles. The minimum atomic E-state index is -1.38. The number of carbonyl (C=O) groups is 1. The minimum absolute atomic E-state index is 0.317. The summed E-state index contributed by atoms with van der Waals surface area (Å²) in [6.07, 6.45) is 21.2. The van der Waals surface area contributed by atoms with Gasteiger partial charge in [-0.1, -0.05) is 39.0 Å². The summed E-state index contributed by atoms with van der Waals surface area (Å²) >= 11 is -1.38. The van der Waals surface area contributed by atoms with Gasteiger partial charge in [-0.05, 0) is 6.42 Å². The van der Waals surface area contributed by atoms with E-state index in [1.54, 1.807) is 0 Å². The molecule has 0 aromatic carbocycles. The Hall–Kier alpha value is -0.458. The number of carbonyl (C=O) groups excluding carboxylic acids is 1. The number of unbranched alkanes of at least 4 members (excludes halogenated alkanes) is 11. The van der Waals surface area contributed by atoms with Crippen LogP contribution in [0.5, 0.6) is 0 Å². The summed E-state index contributed by atoms with van der Waals surface area (Å²) in [5.74, 6) is -0.317. The molecular formula is C18H33AlO3. The zero-order valence-electron chi connectivity index (χ0n) is 14.4. The number of rotatable bonds is 16. The molecule has 0 spiro atoms. The topological polar surface area (TPSA) is 43.4 Å². The van der Waals surface area contributed by atoms with Gasteiger partial charge in [0, 0.05) is 0 Å². The summed E-state index contributed by atoms with van der Waals surface area (Å²) in [6, 6.07) is 0. The summed E-state index contributed by atoms with van der Waals surface area (Å²) in [4.78, 5) is 11.0. The molecule has 0 atom stereocenters. The predicted octanol–water partition coefficient (Wildman–Crippen LogP) is 5.53. The van der Waals surface area contributed by atoms with Crippen LogP contribution in [-0.4, -0.2) is 21.5 Å². The number of hydrogen-bond donors (Lipinski definition) is 0. The van der Waals surface area contributed by atoms with E-state index in [1.165, 1.54) is 70.6 Å². The summed E-state index contributed by atoms with van der Waals surface area (Å²) in [6.45, 7) is 2.26. The molecule has 0 radical (unpaired) electrons. The van der Waals surface area contributed by atoms with Gasteiger partial charge in [0.05, 0.1) is 0 Å². The third-order valence-electron chi connectivity index (χ3n) is 3.82. The first-order chi connectivity index (χ1) is 10.8. The van der Waals surface area contributed by atoms with Crippen molar-refractivity contribution in [1.82, 2.24) is 0 Å². The van der Waals surface area contributed by atoms with Crippen LogP contribution in [0.25, 0.3) is 0 Å². The van der Waals surface area contributed by atoms with Crippen LogP contribution >= 0.6 is 0 Å². The van der Waals surface area contributed by atoms with Crippen molar-refractivity contribution in [3.8, 4) is 0 Å². The van der Waals surface area contributed by atoms with Gasteiger partial charge in [0.2, 0.25) is 0 Å². The van der Waals surface area contributed by atoms with Gasteiger partial charge in [-0.2, -0.15) is 0 Å². The van der Waals surface area contributed by atoms with E-state index >= 15 is 0 Å². The maximum absolute atomic E-state index is 11.0. The van der Waals surface area contributed by atoms with E-state index in [2.05, 4.69) is 22.9 Å². The van der Waals surface area contributed by atoms with Crippen molar-refractivity contribution in [1.29, 1.82) is 0 Å². The Morgan fingerprint density at radius 1 is 0.818 bits per heavy atom. The van der Waals surface area contributed by atoms with Crippen LogP contribution in [0.4, 0.5) is 0 Å². The van der Waals surface area contributed by atoms with Crippen molar-refractivity contribution in [3.63, 3.8) is 0 Å². The summed E-state index contributed by atoms with van der Waals surface area (Å²) < 4.78 is 14.6. The molecule has 0 saturated carbocycles. The molecule has 3 nitrogen and oxygen atoms in total. The molecule has 0 aromatic rings. The van der Waals surface area contributed by atoms with Crippen molar-refractivity contribution in [2.24, 2.45) is 0 Å². The van der Waals surface area contributed by atoms with Gasteiger partial charge >= 0.3 is 97.4 Å². The summed E-state index contributed by atoms with van der Waals surface area (Å²) in [5, 5.41) is 0. The van der Waals surface area contributed by atoms with Gasteiger partial charge in [-0.3, -0.25) is 0 Å². The van der Waals surface area contributed by atoms with E-state index in [9.17, 15) is 8.60 Å². The van der Waals surface area contributed by atoms with Crippen molar-refractivity contribution >= 4 is 21.5 Å². The van der Waals surface area contributed by atoms with E-state index in [1.807, 2.05) is 0 Å². The molecule has 22 heavy (non-hydrogen) atoms. The van der Waals surface area contributed by atoms with Gasteiger partial charge in [-0.15, -0.1) is 0 Å². The van der Waals surface area contributed by atoms with Crippen molar-refractivity contribution in [2.45, 2.75) is 96.8 Å². The van der Waals surface area contributed by atoms with Gasteiger partial charge < -0.3 is 0 Å². The fourth-order valence-electron chi connectivity index (χ4n) is 2.45. The van der Waals surface area contributed by atoms with Gasteiger partial charge in [0.15, 0.2) is 0 Å². The Labute approximate surface area is 143 Å². The molecule has 0 fully saturated rings. The molecule has 0 amide bonds. The third kappa shape index (κ3) is 17.6. The standard InChI is InChI=1S/C18H34O2.Al.O/c1-2-3-4-5-6-7-8-9-10-11-12-13-14-15-16-17-18(19)20;;/h9-10H,2-8,11-17H2,1H3,(H,19,20);;/q;+1;/p-1. The second-order valence-electron chi connectivity index (χ2n) is 5.92. The Bertz CT molecular complexity index is 290. The Kier molecular flexibility index (Phi) is 18.2. The summed E-state index contributed by atoms with van der Waals surface area (Å²) in [7, 11) is 0. The first kappa shape index (κ1) is 21.5. The van der Waals surface area contributed by atoms with Gasteiger partial charge in [-0.25, -0.2) is 0 Å². The van der Waals surface area contributed by atoms with Crippen molar-refractivity contribution in [3.05, 3.63) is 12.2 Å². The fourth-order valence-corrected chi connectivity index (χ4v) is 2.68. The Morgan fingerprint density at radius 3 is 1.86 bits per heavy atom. The van der Waals surface area contributed by atoms with Crippen LogP contribution in [0, 0.1) is 0 Å². The quantitative estimate of drug-likeness (QED) is 0.213. The second kappa shape index (κ2) is 18.6. The molecule has 0 bridgehead atoms. The van der Waals surface area contributed by atoms with Crippen LogP contribution in [0.2, 0.25) is 0 Å². The molecule has 0 aliphatic carbocycles. The molecule has 0 N–H and O–H groups in total. The molecule has 4 heteroatoms. The van der Waals surface area contributed by atoms with E-state index in [4.69, 9.17) is 0 Å². The maximum atomic E-state index is 11.0. The summed E-state index contributed by atoms with van der Waals surface area (Å²) in [5.41, 5.74) is 0. The molecule has 0 rings (SSSR count). The van der Waals surface area contributed by atoms with Crippen LogP contribution in [-0.2, 0) is 12.4 Å². The van der Waals surface area contributed by atoms with Crippen LogP contribution in [0.15, 0.2) is 12.2 Å². The monoisotopic (exact) mass is 324 g/mol. The molecule has 0 heterocycles. The molecule has 126 valence electrons. The molecule has 0 aliphatic heterocycles. The van der Waals surface area contributed by atoms with E-state index in [-0.39, 0.29) is 5.97 Å². The van der Waals surface area contributed by atoms with E-state index in [0.717, 1.165) is 12.8 Å². The zero-order valence-corrected chi connectivity index (χ0v) is 15.5. The predicted molar refractivity (Wildman–Crippen MR) is 92.0 cm³/mol. The average molecular weight is 324 g/mol. The zero-order chi connectivity index (χ0) is 16.3. The van der Waals surface area contributed by atoms with Crippen LogP contribution in [0.1, 0.15) is 96.8 Å². The van der Waals surface area contributed by atoms with E-state index in [0.29, 0.717) is 6.42 Å². The normalized spacial score (nSPS) is 10.8. The van der Waals surface area contributed by atoms with Gasteiger partial charge in [0.1, 0.15) is 0 Å². The first-order valence-corrected chi connectivity index (χ1v) is 10.0. The molecule has 0 aliphatic rings. The number of hydrogen-bond acceptors (Lipinski definition) is 3. The van der Waals surface area contributed by atoms with Crippen molar-refractivity contribution < 1.29 is 12.4 Å². The molecular weight excluding hydrogens is 291 g/mol.